The van der Waals surface area contributed by atoms with E-state index in [1.807, 2.05) is 26.0 Å². The van der Waals surface area contributed by atoms with Gasteiger partial charge in [-0.1, -0.05) is 53.6 Å². The van der Waals surface area contributed by atoms with Gasteiger partial charge in [-0.25, -0.2) is 9.97 Å². The second kappa shape index (κ2) is 9.09. The largest absolute Gasteiger partial charge is 0.348 e. The summed E-state index contributed by atoms with van der Waals surface area (Å²) < 4.78 is 0.969. The van der Waals surface area contributed by atoms with E-state index in [-0.39, 0.29) is 5.91 Å². The van der Waals surface area contributed by atoms with Gasteiger partial charge in [0.2, 0.25) is 5.91 Å². The molecule has 0 unspecified atom stereocenters. The topological polar surface area (TPSA) is 71.0 Å². The van der Waals surface area contributed by atoms with Crippen LogP contribution in [-0.4, -0.2) is 39.7 Å². The first kappa shape index (κ1) is 20.1. The summed E-state index contributed by atoms with van der Waals surface area (Å²) in [7, 11) is 0. The summed E-state index contributed by atoms with van der Waals surface area (Å²) in [6.07, 6.45) is 6.54. The fourth-order valence-corrected chi connectivity index (χ4v) is 5.44. The SMILES string of the molecule is Cc1ccc(NC(=O)CSc2ncnc3nc(N4CCCCCC4)sc23)c(C)c1. The summed E-state index contributed by atoms with van der Waals surface area (Å²) in [5.41, 5.74) is 3.83. The zero-order valence-corrected chi connectivity index (χ0v) is 18.4. The van der Waals surface area contributed by atoms with E-state index >= 15 is 0 Å². The molecule has 3 heterocycles. The van der Waals surface area contributed by atoms with Crippen molar-refractivity contribution in [2.75, 3.05) is 29.1 Å². The van der Waals surface area contributed by atoms with Crippen molar-refractivity contribution < 1.29 is 4.79 Å². The molecule has 2 aromatic heterocycles. The second-order valence-corrected chi connectivity index (χ2v) is 9.33. The lowest BCUT2D eigenvalue weighted by molar-refractivity contribution is -0.113. The number of carbonyl (C=O) groups is 1. The predicted molar refractivity (Wildman–Crippen MR) is 121 cm³/mol. The van der Waals surface area contributed by atoms with Crippen LogP contribution in [0.4, 0.5) is 10.8 Å². The maximum Gasteiger partial charge on any atom is 0.234 e. The lowest BCUT2D eigenvalue weighted by Crippen LogP contribution is -2.23. The van der Waals surface area contributed by atoms with Gasteiger partial charge >= 0.3 is 0 Å². The smallest absolute Gasteiger partial charge is 0.234 e. The van der Waals surface area contributed by atoms with Gasteiger partial charge in [0.1, 0.15) is 16.1 Å². The van der Waals surface area contributed by atoms with Gasteiger partial charge in [0.15, 0.2) is 10.8 Å². The summed E-state index contributed by atoms with van der Waals surface area (Å²) in [6, 6.07) is 6.02. The van der Waals surface area contributed by atoms with E-state index in [2.05, 4.69) is 26.3 Å². The average Bonchev–Trinajstić information content (AvgIpc) is 2.96. The number of fused-ring (bicyclic) bond motifs is 1. The molecule has 6 nitrogen and oxygen atoms in total. The number of thiazole rings is 1. The Morgan fingerprint density at radius 2 is 1.97 bits per heavy atom. The lowest BCUT2D eigenvalue weighted by Gasteiger charge is -2.18. The molecule has 29 heavy (non-hydrogen) atoms. The molecule has 152 valence electrons. The van der Waals surface area contributed by atoms with Gasteiger partial charge in [0.25, 0.3) is 0 Å². The summed E-state index contributed by atoms with van der Waals surface area (Å²) in [5, 5.41) is 4.84. The fraction of sp³-hybridized carbons (Fsp3) is 0.429. The third-order valence-corrected chi connectivity index (χ3v) is 7.25. The van der Waals surface area contributed by atoms with Crippen molar-refractivity contribution in [1.29, 1.82) is 0 Å². The van der Waals surface area contributed by atoms with Crippen LogP contribution in [0.25, 0.3) is 10.3 Å². The van der Waals surface area contributed by atoms with Crippen LogP contribution in [0.3, 0.4) is 0 Å². The van der Waals surface area contributed by atoms with E-state index < -0.39 is 0 Å². The molecule has 1 aliphatic heterocycles. The number of carbonyl (C=O) groups excluding carboxylic acids is 1. The summed E-state index contributed by atoms with van der Waals surface area (Å²) in [4.78, 5) is 28.3. The summed E-state index contributed by atoms with van der Waals surface area (Å²) in [5.74, 6) is 0.266. The van der Waals surface area contributed by atoms with Crippen LogP contribution in [0.1, 0.15) is 36.8 Å². The van der Waals surface area contributed by atoms with Crippen molar-refractivity contribution in [3.63, 3.8) is 0 Å². The summed E-state index contributed by atoms with van der Waals surface area (Å²) in [6.45, 7) is 6.15. The quantitative estimate of drug-likeness (QED) is 0.465. The molecule has 0 radical (unpaired) electrons. The third kappa shape index (κ3) is 4.87. The molecule has 1 aromatic carbocycles. The summed E-state index contributed by atoms with van der Waals surface area (Å²) >= 11 is 3.08. The Kier molecular flexibility index (Phi) is 6.30. The maximum absolute atomic E-state index is 12.5. The van der Waals surface area contributed by atoms with Gasteiger partial charge in [0.05, 0.1) is 5.75 Å². The third-order valence-electron chi connectivity index (χ3n) is 5.02. The van der Waals surface area contributed by atoms with E-state index in [9.17, 15) is 4.79 Å². The number of nitrogens with one attached hydrogen (secondary N) is 1. The normalized spacial score (nSPS) is 14.8. The van der Waals surface area contributed by atoms with Crippen LogP contribution >= 0.6 is 23.1 Å². The number of thioether (sulfide) groups is 1. The van der Waals surface area contributed by atoms with Gasteiger partial charge in [-0.05, 0) is 38.3 Å². The Labute approximate surface area is 179 Å². The average molecular weight is 428 g/mol. The molecule has 0 bridgehead atoms. The monoisotopic (exact) mass is 427 g/mol. The maximum atomic E-state index is 12.5. The Bertz CT molecular complexity index is 1010. The Morgan fingerprint density at radius 3 is 2.72 bits per heavy atom. The van der Waals surface area contributed by atoms with Crippen molar-refractivity contribution in [2.24, 2.45) is 0 Å². The van der Waals surface area contributed by atoms with Crippen molar-refractivity contribution in [3.05, 3.63) is 35.7 Å². The molecule has 1 N–H and O–H groups in total. The number of hydrogen-bond donors (Lipinski definition) is 1. The van der Waals surface area contributed by atoms with Gasteiger partial charge in [-0.3, -0.25) is 4.79 Å². The minimum atomic E-state index is -0.0361. The molecule has 1 fully saturated rings. The van der Waals surface area contributed by atoms with E-state index in [1.54, 1.807) is 17.7 Å². The first-order valence-electron chi connectivity index (χ1n) is 9.96. The van der Waals surface area contributed by atoms with E-state index in [4.69, 9.17) is 4.98 Å². The number of aromatic nitrogens is 3. The highest BCUT2D eigenvalue weighted by Gasteiger charge is 2.18. The molecule has 8 heteroatoms. The number of aryl methyl sites for hydroxylation is 2. The standard InChI is InChI=1S/C21H25N5OS2/c1-14-7-8-16(15(2)11-14)24-17(27)12-28-20-18-19(22-13-23-20)25-21(29-18)26-9-5-3-4-6-10-26/h7-8,11,13H,3-6,9-10,12H2,1-2H3,(H,24,27). The van der Waals surface area contributed by atoms with Crippen molar-refractivity contribution in [1.82, 2.24) is 15.0 Å². The number of anilines is 2. The highest BCUT2D eigenvalue weighted by atomic mass is 32.2. The lowest BCUT2D eigenvalue weighted by atomic mass is 10.1. The van der Waals surface area contributed by atoms with Gasteiger partial charge in [-0.15, -0.1) is 0 Å². The Hall–Kier alpha value is -2.19. The highest BCUT2D eigenvalue weighted by Crippen LogP contribution is 2.34. The van der Waals surface area contributed by atoms with Crippen LogP contribution < -0.4 is 10.2 Å². The van der Waals surface area contributed by atoms with Crippen LogP contribution in [0.2, 0.25) is 0 Å². The number of benzene rings is 1. The van der Waals surface area contributed by atoms with Crippen molar-refractivity contribution >= 4 is 50.2 Å². The zero-order chi connectivity index (χ0) is 20.2. The first-order valence-corrected chi connectivity index (χ1v) is 11.8. The zero-order valence-electron chi connectivity index (χ0n) is 16.8. The van der Waals surface area contributed by atoms with Crippen LogP contribution in [0.5, 0.6) is 0 Å². The van der Waals surface area contributed by atoms with E-state index in [0.29, 0.717) is 5.75 Å². The second-order valence-electron chi connectivity index (χ2n) is 7.38. The fourth-order valence-electron chi connectivity index (χ4n) is 3.50. The van der Waals surface area contributed by atoms with Gasteiger partial charge in [-0.2, -0.15) is 4.98 Å². The number of amides is 1. The molecule has 0 aliphatic carbocycles. The Balaban J connectivity index is 1.45. The van der Waals surface area contributed by atoms with E-state index in [0.717, 1.165) is 44.8 Å². The molecular weight excluding hydrogens is 402 g/mol. The molecule has 4 rings (SSSR count). The minimum Gasteiger partial charge on any atom is -0.348 e. The molecule has 0 spiro atoms. The predicted octanol–water partition coefficient (Wildman–Crippen LogP) is 4.81. The first-order chi connectivity index (χ1) is 14.1. The van der Waals surface area contributed by atoms with Crippen LogP contribution in [-0.2, 0) is 4.79 Å². The van der Waals surface area contributed by atoms with Crippen molar-refractivity contribution in [3.8, 4) is 0 Å². The van der Waals surface area contributed by atoms with Gasteiger partial charge < -0.3 is 10.2 Å². The van der Waals surface area contributed by atoms with Crippen molar-refractivity contribution in [2.45, 2.75) is 44.6 Å². The molecule has 3 aromatic rings. The number of nitrogens with zero attached hydrogens (tertiary/aromatic N) is 4. The number of hydrogen-bond acceptors (Lipinski definition) is 7. The molecule has 0 atom stereocenters. The Morgan fingerprint density at radius 1 is 1.17 bits per heavy atom. The highest BCUT2D eigenvalue weighted by molar-refractivity contribution is 8.00. The minimum absolute atomic E-state index is 0.0361. The molecule has 1 saturated heterocycles. The number of rotatable bonds is 5. The van der Waals surface area contributed by atoms with E-state index in [1.165, 1.54) is 43.0 Å². The molecule has 1 amide bonds. The molecular formula is C21H25N5OS2. The van der Waals surface area contributed by atoms with Crippen LogP contribution in [0, 0.1) is 13.8 Å². The van der Waals surface area contributed by atoms with Gasteiger partial charge in [0, 0.05) is 18.8 Å². The van der Waals surface area contributed by atoms with Crippen LogP contribution in [0.15, 0.2) is 29.6 Å². The molecule has 1 aliphatic rings. The molecule has 0 saturated carbocycles.